The molecule has 4 rings (SSSR count). The highest BCUT2D eigenvalue weighted by atomic mass is 35.5. The monoisotopic (exact) mass is 482 g/mol. The largest absolute Gasteiger partial charge is 0.387 e. The van der Waals surface area contributed by atoms with Crippen molar-refractivity contribution in [2.45, 2.75) is 19.2 Å². The Hall–Kier alpha value is -3.04. The molecule has 0 aliphatic heterocycles. The van der Waals surface area contributed by atoms with Crippen molar-refractivity contribution in [2.75, 3.05) is 6.54 Å². The van der Waals surface area contributed by atoms with Crippen molar-refractivity contribution in [3.8, 4) is 0 Å². The summed E-state index contributed by atoms with van der Waals surface area (Å²) in [4.78, 5) is 31.4. The van der Waals surface area contributed by atoms with Crippen molar-refractivity contribution < 1.29 is 9.90 Å². The highest BCUT2D eigenvalue weighted by molar-refractivity contribution is 7.18. The van der Waals surface area contributed by atoms with Crippen molar-refractivity contribution in [3.05, 3.63) is 97.9 Å². The number of hydrogen-bond donors (Lipinski definition) is 3. The zero-order chi connectivity index (χ0) is 23.4. The second kappa shape index (κ2) is 10.3. The number of rotatable bonds is 8. The van der Waals surface area contributed by atoms with Gasteiger partial charge in [-0.05, 0) is 29.8 Å². The summed E-state index contributed by atoms with van der Waals surface area (Å²) in [5.74, 6) is -0.419. The van der Waals surface area contributed by atoms with Crippen molar-refractivity contribution >= 4 is 39.1 Å². The maximum absolute atomic E-state index is 13.0. The molecule has 0 fully saturated rings. The number of carbonyl (C=O) groups is 1. The fraction of sp³-hybridized carbons (Fsp3) is 0.208. The van der Waals surface area contributed by atoms with E-state index in [4.69, 9.17) is 11.6 Å². The molecule has 0 spiro atoms. The lowest BCUT2D eigenvalue weighted by atomic mass is 10.1. The number of amides is 1. The third kappa shape index (κ3) is 5.48. The molecule has 4 aromatic rings. The molecule has 0 saturated heterocycles. The first-order valence-corrected chi connectivity index (χ1v) is 11.5. The van der Waals surface area contributed by atoms with Gasteiger partial charge in [0.05, 0.1) is 11.5 Å². The number of aliphatic hydroxyl groups is 1. The number of aliphatic hydroxyl groups excluding tert-OH is 1. The third-order valence-electron chi connectivity index (χ3n) is 5.21. The lowest BCUT2D eigenvalue weighted by molar-refractivity contribution is 0.0949. The summed E-state index contributed by atoms with van der Waals surface area (Å²) >= 11 is 7.37. The smallest absolute Gasteiger partial charge is 0.257 e. The van der Waals surface area contributed by atoms with Gasteiger partial charge in [0, 0.05) is 60.7 Å². The quantitative estimate of drug-likeness (QED) is 0.357. The number of thiophene rings is 1. The average molecular weight is 483 g/mol. The number of nitrogens with zero attached hydrogens (tertiary/aromatic N) is 2. The molecule has 3 N–H and O–H groups in total. The minimum Gasteiger partial charge on any atom is -0.387 e. The van der Waals surface area contributed by atoms with E-state index in [9.17, 15) is 14.7 Å². The van der Waals surface area contributed by atoms with Crippen LogP contribution in [0.4, 0.5) is 0 Å². The molecular weight excluding hydrogens is 460 g/mol. The van der Waals surface area contributed by atoms with Crippen LogP contribution >= 0.6 is 22.9 Å². The maximum Gasteiger partial charge on any atom is 0.257 e. The van der Waals surface area contributed by atoms with Gasteiger partial charge in [-0.2, -0.15) is 0 Å². The Morgan fingerprint density at radius 3 is 2.76 bits per heavy atom. The van der Waals surface area contributed by atoms with E-state index in [1.807, 2.05) is 31.3 Å². The molecule has 1 atom stereocenters. The Bertz CT molecular complexity index is 1320. The van der Waals surface area contributed by atoms with Crippen LogP contribution in [-0.4, -0.2) is 27.1 Å². The van der Waals surface area contributed by atoms with Crippen molar-refractivity contribution in [3.63, 3.8) is 0 Å². The van der Waals surface area contributed by atoms with Crippen molar-refractivity contribution in [1.82, 2.24) is 20.2 Å². The molecule has 1 aromatic carbocycles. The van der Waals surface area contributed by atoms with Crippen LogP contribution < -0.4 is 16.1 Å². The van der Waals surface area contributed by atoms with E-state index < -0.39 is 12.0 Å². The first-order valence-electron chi connectivity index (χ1n) is 10.4. The van der Waals surface area contributed by atoms with E-state index in [1.54, 1.807) is 41.4 Å². The number of carbonyl (C=O) groups excluding carboxylic acids is 1. The Morgan fingerprint density at radius 2 is 2.03 bits per heavy atom. The average Bonchev–Trinajstić information content (AvgIpc) is 3.26. The highest BCUT2D eigenvalue weighted by Gasteiger charge is 2.17. The number of hydrogen-bond acceptors (Lipinski definition) is 6. The van der Waals surface area contributed by atoms with Crippen LogP contribution in [-0.2, 0) is 20.1 Å². The van der Waals surface area contributed by atoms with Crippen LogP contribution in [0.3, 0.4) is 0 Å². The SMILES string of the molecule is Cn1cc(C(=O)NCc2ccc(Cl)cc2)c(=O)c2cc(CNCC(O)c3cccnc3)sc21. The minimum absolute atomic E-state index is 0.100. The number of aromatic nitrogens is 2. The summed E-state index contributed by atoms with van der Waals surface area (Å²) in [5, 5.41) is 17.4. The predicted molar refractivity (Wildman–Crippen MR) is 131 cm³/mol. The van der Waals surface area contributed by atoms with Gasteiger partial charge in [-0.1, -0.05) is 29.8 Å². The molecule has 0 aliphatic carbocycles. The number of pyridine rings is 2. The summed E-state index contributed by atoms with van der Waals surface area (Å²) in [7, 11) is 1.82. The number of fused-ring (bicyclic) bond motifs is 1. The van der Waals surface area contributed by atoms with Gasteiger partial charge in [0.1, 0.15) is 10.4 Å². The topological polar surface area (TPSA) is 96.2 Å². The summed E-state index contributed by atoms with van der Waals surface area (Å²) in [6, 6.07) is 12.6. The molecule has 9 heteroatoms. The number of nitrogens with one attached hydrogen (secondary N) is 2. The van der Waals surface area contributed by atoms with Gasteiger partial charge in [-0.25, -0.2) is 0 Å². The van der Waals surface area contributed by atoms with Gasteiger partial charge in [-0.3, -0.25) is 14.6 Å². The zero-order valence-electron chi connectivity index (χ0n) is 17.9. The normalized spacial score (nSPS) is 12.1. The van der Waals surface area contributed by atoms with Gasteiger partial charge < -0.3 is 20.3 Å². The molecule has 33 heavy (non-hydrogen) atoms. The van der Waals surface area contributed by atoms with E-state index >= 15 is 0 Å². The number of aryl methyl sites for hydroxylation is 1. The van der Waals surface area contributed by atoms with Crippen molar-refractivity contribution in [2.24, 2.45) is 7.05 Å². The molecule has 0 aliphatic rings. The van der Waals surface area contributed by atoms with Crippen LogP contribution in [0.1, 0.15) is 32.5 Å². The molecule has 0 bridgehead atoms. The maximum atomic E-state index is 13.0. The standard InChI is InChI=1S/C24H23ClN4O3S/c1-29-14-20(23(32)28-10-15-4-6-17(25)7-5-15)22(31)19-9-18(33-24(19)29)12-27-13-21(30)16-3-2-8-26-11-16/h2-9,11,14,21,27,30H,10,12-13H2,1H3,(H,28,32). The third-order valence-corrected chi connectivity index (χ3v) is 6.69. The second-order valence-corrected chi connectivity index (χ2v) is 9.21. The lowest BCUT2D eigenvalue weighted by Crippen LogP contribution is -2.29. The Balaban J connectivity index is 1.44. The Morgan fingerprint density at radius 1 is 1.24 bits per heavy atom. The number of halogens is 1. The van der Waals surface area contributed by atoms with E-state index in [2.05, 4.69) is 15.6 Å². The van der Waals surface area contributed by atoms with Crippen LogP contribution in [0.15, 0.2) is 65.8 Å². The first-order chi connectivity index (χ1) is 15.9. The van der Waals surface area contributed by atoms with Gasteiger partial charge in [0.15, 0.2) is 0 Å². The predicted octanol–water partition coefficient (Wildman–Crippen LogP) is 3.40. The fourth-order valence-corrected chi connectivity index (χ4v) is 4.65. The molecule has 1 unspecified atom stereocenters. The molecular formula is C24H23ClN4O3S. The summed E-state index contributed by atoms with van der Waals surface area (Å²) in [6.07, 6.45) is 4.19. The van der Waals surface area contributed by atoms with E-state index in [-0.39, 0.29) is 11.0 Å². The second-order valence-electron chi connectivity index (χ2n) is 7.66. The zero-order valence-corrected chi connectivity index (χ0v) is 19.5. The Kier molecular flexibility index (Phi) is 7.20. The summed E-state index contributed by atoms with van der Waals surface area (Å²) < 4.78 is 1.80. The van der Waals surface area contributed by atoms with E-state index in [0.717, 1.165) is 20.8 Å². The van der Waals surface area contributed by atoms with Gasteiger partial charge in [0.25, 0.3) is 5.91 Å². The fourth-order valence-electron chi connectivity index (χ4n) is 3.46. The van der Waals surface area contributed by atoms with E-state index in [1.165, 1.54) is 11.3 Å². The van der Waals surface area contributed by atoms with Crippen molar-refractivity contribution in [1.29, 1.82) is 0 Å². The molecule has 3 heterocycles. The van der Waals surface area contributed by atoms with Crippen LogP contribution in [0, 0.1) is 0 Å². The first kappa shape index (κ1) is 23.1. The van der Waals surface area contributed by atoms with Crippen LogP contribution in [0.25, 0.3) is 10.2 Å². The summed E-state index contributed by atoms with van der Waals surface area (Å²) in [6.45, 7) is 1.15. The minimum atomic E-state index is -0.671. The molecule has 0 radical (unpaired) electrons. The highest BCUT2D eigenvalue weighted by Crippen LogP contribution is 2.23. The van der Waals surface area contributed by atoms with Crippen LogP contribution in [0.2, 0.25) is 5.02 Å². The molecule has 0 saturated carbocycles. The van der Waals surface area contributed by atoms with Gasteiger partial charge in [0.2, 0.25) is 5.43 Å². The van der Waals surface area contributed by atoms with E-state index in [0.29, 0.717) is 30.0 Å². The molecule has 3 aromatic heterocycles. The molecule has 7 nitrogen and oxygen atoms in total. The Labute approximate surface area is 199 Å². The summed E-state index contributed by atoms with van der Waals surface area (Å²) in [5.41, 5.74) is 1.43. The van der Waals surface area contributed by atoms with Crippen LogP contribution in [0.5, 0.6) is 0 Å². The number of benzene rings is 1. The van der Waals surface area contributed by atoms with Gasteiger partial charge >= 0.3 is 0 Å². The lowest BCUT2D eigenvalue weighted by Gasteiger charge is -2.10. The molecule has 1 amide bonds. The van der Waals surface area contributed by atoms with Gasteiger partial charge in [-0.15, -0.1) is 11.3 Å². The molecule has 170 valence electrons.